The average molecular weight is 228 g/mol. The van der Waals surface area contributed by atoms with E-state index in [-0.39, 0.29) is 17.0 Å². The van der Waals surface area contributed by atoms with Crippen molar-refractivity contribution in [2.75, 3.05) is 13.7 Å². The van der Waals surface area contributed by atoms with Crippen LogP contribution < -0.4 is 11.1 Å². The van der Waals surface area contributed by atoms with Crippen LogP contribution in [0.15, 0.2) is 0 Å². The quantitative estimate of drug-likeness (QED) is 0.717. The minimum Gasteiger partial charge on any atom is -0.378 e. The lowest BCUT2D eigenvalue weighted by Gasteiger charge is -2.41. The molecular weight excluding hydrogens is 204 g/mol. The summed E-state index contributed by atoms with van der Waals surface area (Å²) < 4.78 is 5.43. The standard InChI is InChI=1S/C12H24N2O2/c1-4-11(2,9-13)14-10(15)8-12(16-3)6-5-7-12/h4-9,13H2,1-3H3,(H,14,15). The van der Waals surface area contributed by atoms with Gasteiger partial charge in [-0.05, 0) is 32.6 Å². The fourth-order valence-electron chi connectivity index (χ4n) is 1.98. The first-order chi connectivity index (χ1) is 7.49. The summed E-state index contributed by atoms with van der Waals surface area (Å²) in [5.74, 6) is 0.0522. The molecule has 1 saturated carbocycles. The zero-order valence-electron chi connectivity index (χ0n) is 10.6. The molecule has 16 heavy (non-hydrogen) atoms. The zero-order chi connectivity index (χ0) is 12.2. The van der Waals surface area contributed by atoms with Gasteiger partial charge < -0.3 is 15.8 Å². The van der Waals surface area contributed by atoms with E-state index in [0.717, 1.165) is 25.7 Å². The molecule has 1 unspecified atom stereocenters. The smallest absolute Gasteiger partial charge is 0.223 e. The SMILES string of the molecule is CCC(C)(CN)NC(=O)CC1(OC)CCC1. The summed E-state index contributed by atoms with van der Waals surface area (Å²) >= 11 is 0. The van der Waals surface area contributed by atoms with Crippen molar-refractivity contribution in [3.8, 4) is 0 Å². The molecule has 1 atom stereocenters. The van der Waals surface area contributed by atoms with Crippen molar-refractivity contribution in [3.05, 3.63) is 0 Å². The summed E-state index contributed by atoms with van der Waals surface area (Å²) in [6.07, 6.45) is 4.43. The molecule has 0 spiro atoms. The minimum atomic E-state index is -0.282. The molecule has 4 nitrogen and oxygen atoms in total. The predicted molar refractivity (Wildman–Crippen MR) is 64.1 cm³/mol. The Balaban J connectivity index is 2.46. The van der Waals surface area contributed by atoms with Crippen molar-refractivity contribution in [3.63, 3.8) is 0 Å². The van der Waals surface area contributed by atoms with Gasteiger partial charge in [0.1, 0.15) is 0 Å². The molecule has 1 rings (SSSR count). The molecule has 1 amide bonds. The van der Waals surface area contributed by atoms with Crippen LogP contribution in [-0.2, 0) is 9.53 Å². The van der Waals surface area contributed by atoms with Crippen LogP contribution in [0.2, 0.25) is 0 Å². The first-order valence-electron chi connectivity index (χ1n) is 6.05. The molecule has 94 valence electrons. The van der Waals surface area contributed by atoms with Gasteiger partial charge in [-0.25, -0.2) is 0 Å². The predicted octanol–water partition coefficient (Wildman–Crippen LogP) is 1.19. The second kappa shape index (κ2) is 5.15. The Bertz CT molecular complexity index is 223. The van der Waals surface area contributed by atoms with Crippen LogP contribution >= 0.6 is 0 Å². The number of amides is 1. The number of rotatable bonds is 6. The normalized spacial score (nSPS) is 22.0. The van der Waals surface area contributed by atoms with Gasteiger partial charge in [0.2, 0.25) is 5.91 Å². The zero-order valence-corrected chi connectivity index (χ0v) is 10.6. The Labute approximate surface area is 97.9 Å². The van der Waals surface area contributed by atoms with Crippen molar-refractivity contribution in [2.24, 2.45) is 5.73 Å². The van der Waals surface area contributed by atoms with E-state index in [1.165, 1.54) is 0 Å². The summed E-state index contributed by atoms with van der Waals surface area (Å²) in [7, 11) is 1.69. The van der Waals surface area contributed by atoms with Gasteiger partial charge >= 0.3 is 0 Å². The Hall–Kier alpha value is -0.610. The van der Waals surface area contributed by atoms with E-state index in [4.69, 9.17) is 10.5 Å². The minimum absolute atomic E-state index is 0.0522. The van der Waals surface area contributed by atoms with Crippen molar-refractivity contribution >= 4 is 5.91 Å². The van der Waals surface area contributed by atoms with E-state index in [9.17, 15) is 4.79 Å². The second-order valence-corrected chi connectivity index (χ2v) is 5.08. The number of nitrogens with one attached hydrogen (secondary N) is 1. The van der Waals surface area contributed by atoms with Crippen LogP contribution in [0.3, 0.4) is 0 Å². The fraction of sp³-hybridized carbons (Fsp3) is 0.917. The molecular formula is C12H24N2O2. The summed E-state index contributed by atoms with van der Waals surface area (Å²) in [5, 5.41) is 3.01. The van der Waals surface area contributed by atoms with Gasteiger partial charge in [-0.3, -0.25) is 4.79 Å². The Morgan fingerprint density at radius 3 is 2.50 bits per heavy atom. The highest BCUT2D eigenvalue weighted by Crippen LogP contribution is 2.37. The van der Waals surface area contributed by atoms with Crippen molar-refractivity contribution < 1.29 is 9.53 Å². The largest absolute Gasteiger partial charge is 0.378 e. The van der Waals surface area contributed by atoms with Gasteiger partial charge in [-0.2, -0.15) is 0 Å². The van der Waals surface area contributed by atoms with Crippen molar-refractivity contribution in [1.29, 1.82) is 0 Å². The number of nitrogens with two attached hydrogens (primary N) is 1. The Morgan fingerprint density at radius 1 is 1.56 bits per heavy atom. The molecule has 3 N–H and O–H groups in total. The third kappa shape index (κ3) is 2.95. The molecule has 4 heteroatoms. The molecule has 0 bridgehead atoms. The van der Waals surface area contributed by atoms with Gasteiger partial charge in [0.15, 0.2) is 0 Å². The third-order valence-corrected chi connectivity index (χ3v) is 3.85. The highest BCUT2D eigenvalue weighted by atomic mass is 16.5. The summed E-state index contributed by atoms with van der Waals surface area (Å²) in [6.45, 7) is 4.48. The van der Waals surface area contributed by atoms with Crippen LogP contribution in [0.5, 0.6) is 0 Å². The number of ether oxygens (including phenoxy) is 1. The number of hydrogen-bond acceptors (Lipinski definition) is 3. The first kappa shape index (κ1) is 13.5. The molecule has 0 aromatic heterocycles. The van der Waals surface area contributed by atoms with Gasteiger partial charge in [-0.15, -0.1) is 0 Å². The maximum absolute atomic E-state index is 11.9. The number of hydrogen-bond donors (Lipinski definition) is 2. The molecule has 0 saturated heterocycles. The van der Waals surface area contributed by atoms with Crippen molar-refractivity contribution in [2.45, 2.75) is 57.1 Å². The molecule has 1 aliphatic rings. The van der Waals surface area contributed by atoms with Crippen LogP contribution in [0.4, 0.5) is 0 Å². The van der Waals surface area contributed by atoms with E-state index in [1.54, 1.807) is 7.11 Å². The Morgan fingerprint density at radius 2 is 2.19 bits per heavy atom. The van der Waals surface area contributed by atoms with Crippen LogP contribution in [0, 0.1) is 0 Å². The number of methoxy groups -OCH3 is 1. The van der Waals surface area contributed by atoms with Gasteiger partial charge in [0.25, 0.3) is 0 Å². The third-order valence-electron chi connectivity index (χ3n) is 3.85. The lowest BCUT2D eigenvalue weighted by molar-refractivity contribution is -0.135. The molecule has 1 fully saturated rings. The molecule has 0 radical (unpaired) electrons. The lowest BCUT2D eigenvalue weighted by atomic mass is 9.77. The van der Waals surface area contributed by atoms with E-state index in [0.29, 0.717) is 13.0 Å². The summed E-state index contributed by atoms with van der Waals surface area (Å²) in [6, 6.07) is 0. The van der Waals surface area contributed by atoms with E-state index >= 15 is 0 Å². The first-order valence-corrected chi connectivity index (χ1v) is 6.05. The van der Waals surface area contributed by atoms with E-state index in [1.807, 2.05) is 13.8 Å². The average Bonchev–Trinajstić information content (AvgIpc) is 2.23. The molecule has 0 aromatic carbocycles. The summed E-state index contributed by atoms with van der Waals surface area (Å²) in [5.41, 5.74) is 5.18. The topological polar surface area (TPSA) is 64.3 Å². The van der Waals surface area contributed by atoms with Crippen molar-refractivity contribution in [1.82, 2.24) is 5.32 Å². The van der Waals surface area contributed by atoms with Gasteiger partial charge in [-0.1, -0.05) is 6.92 Å². The second-order valence-electron chi connectivity index (χ2n) is 5.08. The highest BCUT2D eigenvalue weighted by Gasteiger charge is 2.39. The monoisotopic (exact) mass is 228 g/mol. The summed E-state index contributed by atoms with van der Waals surface area (Å²) in [4.78, 5) is 11.9. The maximum Gasteiger partial charge on any atom is 0.223 e. The van der Waals surface area contributed by atoms with Crippen LogP contribution in [0.25, 0.3) is 0 Å². The molecule has 1 aliphatic carbocycles. The fourth-order valence-corrected chi connectivity index (χ4v) is 1.98. The molecule has 0 heterocycles. The maximum atomic E-state index is 11.9. The van der Waals surface area contributed by atoms with Crippen LogP contribution in [-0.4, -0.2) is 30.7 Å². The van der Waals surface area contributed by atoms with E-state index in [2.05, 4.69) is 5.32 Å². The lowest BCUT2D eigenvalue weighted by Crippen LogP contribution is -2.53. The number of carbonyl (C=O) groups is 1. The highest BCUT2D eigenvalue weighted by molar-refractivity contribution is 5.78. The molecule has 0 aliphatic heterocycles. The van der Waals surface area contributed by atoms with Gasteiger partial charge in [0.05, 0.1) is 12.0 Å². The number of carbonyl (C=O) groups excluding carboxylic acids is 1. The van der Waals surface area contributed by atoms with Crippen LogP contribution in [0.1, 0.15) is 46.0 Å². The van der Waals surface area contributed by atoms with E-state index < -0.39 is 0 Å². The van der Waals surface area contributed by atoms with Gasteiger partial charge in [0, 0.05) is 19.2 Å². The molecule has 0 aromatic rings. The Kier molecular flexibility index (Phi) is 4.33.